The lowest BCUT2D eigenvalue weighted by Crippen LogP contribution is -2.34. The topological polar surface area (TPSA) is 41.1 Å². The Bertz CT molecular complexity index is 416. The van der Waals surface area contributed by atoms with E-state index in [0.717, 1.165) is 12.8 Å². The van der Waals surface area contributed by atoms with Crippen molar-refractivity contribution >= 4 is 5.91 Å². The Hall–Kier alpha value is -1.42. The highest BCUT2D eigenvalue weighted by atomic mass is 19.1. The Morgan fingerprint density at radius 3 is 2.94 bits per heavy atom. The van der Waals surface area contributed by atoms with Crippen LogP contribution in [-0.4, -0.2) is 18.5 Å². The summed E-state index contributed by atoms with van der Waals surface area (Å²) in [6.07, 6.45) is 2.31. The van der Waals surface area contributed by atoms with Crippen molar-refractivity contribution in [3.8, 4) is 0 Å². The second kappa shape index (κ2) is 5.27. The molecule has 1 aromatic carbocycles. The van der Waals surface area contributed by atoms with Crippen molar-refractivity contribution < 1.29 is 9.18 Å². The number of hydrogen-bond donors (Lipinski definition) is 2. The van der Waals surface area contributed by atoms with E-state index in [1.807, 2.05) is 0 Å². The first-order valence-corrected chi connectivity index (χ1v) is 5.91. The minimum atomic E-state index is -0.233. The molecule has 1 aliphatic rings. The summed E-state index contributed by atoms with van der Waals surface area (Å²) in [5.41, 5.74) is 1.14. The lowest BCUT2D eigenvalue weighted by Gasteiger charge is -2.08. The fourth-order valence-corrected chi connectivity index (χ4v) is 1.63. The number of hydrogen-bond acceptors (Lipinski definition) is 2. The number of nitrogens with one attached hydrogen (secondary N) is 2. The average Bonchev–Trinajstić information content (AvgIpc) is 3.12. The Labute approximate surface area is 100 Å². The van der Waals surface area contributed by atoms with Crippen molar-refractivity contribution in [1.82, 2.24) is 10.6 Å². The first-order valence-electron chi connectivity index (χ1n) is 5.91. The smallest absolute Gasteiger partial charge is 0.234 e. The zero-order valence-corrected chi connectivity index (χ0v) is 9.92. The van der Waals surface area contributed by atoms with Gasteiger partial charge in [-0.15, -0.1) is 0 Å². The molecule has 1 fully saturated rings. The van der Waals surface area contributed by atoms with Gasteiger partial charge in [-0.3, -0.25) is 4.79 Å². The van der Waals surface area contributed by atoms with E-state index in [-0.39, 0.29) is 18.3 Å². The Balaban J connectivity index is 1.79. The molecule has 1 aromatic rings. The third kappa shape index (κ3) is 3.53. The van der Waals surface area contributed by atoms with Gasteiger partial charge in [-0.1, -0.05) is 18.2 Å². The van der Waals surface area contributed by atoms with E-state index >= 15 is 0 Å². The highest BCUT2D eigenvalue weighted by Crippen LogP contribution is 2.17. The van der Waals surface area contributed by atoms with Crippen LogP contribution < -0.4 is 10.6 Å². The van der Waals surface area contributed by atoms with Crippen molar-refractivity contribution in [2.24, 2.45) is 0 Å². The van der Waals surface area contributed by atoms with E-state index in [0.29, 0.717) is 23.7 Å². The van der Waals surface area contributed by atoms with E-state index in [2.05, 4.69) is 10.6 Å². The molecule has 2 rings (SSSR count). The predicted molar refractivity (Wildman–Crippen MR) is 64.0 cm³/mol. The van der Waals surface area contributed by atoms with Crippen molar-refractivity contribution in [1.29, 1.82) is 0 Å². The number of carbonyl (C=O) groups is 1. The van der Waals surface area contributed by atoms with Crippen LogP contribution in [-0.2, 0) is 11.3 Å². The number of amides is 1. The van der Waals surface area contributed by atoms with E-state index in [1.165, 1.54) is 0 Å². The molecule has 0 aliphatic heterocycles. The first kappa shape index (κ1) is 12.0. The van der Waals surface area contributed by atoms with Gasteiger partial charge in [0.25, 0.3) is 0 Å². The van der Waals surface area contributed by atoms with Crippen LogP contribution in [0.1, 0.15) is 24.0 Å². The molecule has 17 heavy (non-hydrogen) atoms. The zero-order chi connectivity index (χ0) is 12.3. The first-order chi connectivity index (χ1) is 8.16. The molecule has 2 N–H and O–H groups in total. The van der Waals surface area contributed by atoms with E-state index in [4.69, 9.17) is 0 Å². The molecule has 0 aromatic heterocycles. The van der Waals surface area contributed by atoms with Gasteiger partial charge in [0.2, 0.25) is 5.91 Å². The summed E-state index contributed by atoms with van der Waals surface area (Å²) in [7, 11) is 0. The van der Waals surface area contributed by atoms with Crippen LogP contribution in [0.5, 0.6) is 0 Å². The molecule has 0 radical (unpaired) electrons. The van der Waals surface area contributed by atoms with Crippen molar-refractivity contribution in [3.63, 3.8) is 0 Å². The van der Waals surface area contributed by atoms with Crippen LogP contribution in [0, 0.1) is 12.7 Å². The second-order valence-electron chi connectivity index (χ2n) is 4.48. The summed E-state index contributed by atoms with van der Waals surface area (Å²) in [5.74, 6) is -0.319. The van der Waals surface area contributed by atoms with Crippen LogP contribution >= 0.6 is 0 Å². The largest absolute Gasteiger partial charge is 0.351 e. The summed E-state index contributed by atoms with van der Waals surface area (Å²) in [6, 6.07) is 5.71. The number of aryl methyl sites for hydroxylation is 1. The normalized spacial score (nSPS) is 14.7. The third-order valence-corrected chi connectivity index (χ3v) is 2.88. The molecule has 0 heterocycles. The summed E-state index contributed by atoms with van der Waals surface area (Å²) < 4.78 is 13.6. The van der Waals surface area contributed by atoms with Gasteiger partial charge in [0.15, 0.2) is 0 Å². The van der Waals surface area contributed by atoms with Crippen molar-refractivity contribution in [2.45, 2.75) is 32.4 Å². The quantitative estimate of drug-likeness (QED) is 0.813. The fraction of sp³-hybridized carbons (Fsp3) is 0.462. The lowest BCUT2D eigenvalue weighted by atomic mass is 10.1. The van der Waals surface area contributed by atoms with Gasteiger partial charge in [0.1, 0.15) is 5.82 Å². The van der Waals surface area contributed by atoms with Crippen LogP contribution in [0.4, 0.5) is 4.39 Å². The summed E-state index contributed by atoms with van der Waals surface area (Å²) in [5, 5.41) is 5.82. The minimum absolute atomic E-state index is 0.0854. The van der Waals surface area contributed by atoms with Crippen LogP contribution in [0.15, 0.2) is 18.2 Å². The van der Waals surface area contributed by atoms with Gasteiger partial charge in [-0.25, -0.2) is 4.39 Å². The number of carbonyl (C=O) groups excluding carboxylic acids is 1. The Kier molecular flexibility index (Phi) is 3.74. The molecule has 1 saturated carbocycles. The van der Waals surface area contributed by atoms with E-state index < -0.39 is 0 Å². The standard InChI is InChI=1S/C13H17FN2O/c1-9-3-2-4-10(13(9)14)7-16-12(17)8-15-11-5-6-11/h2-4,11,15H,5-8H2,1H3,(H,16,17). The molecule has 1 aliphatic carbocycles. The molecule has 3 nitrogen and oxygen atoms in total. The van der Waals surface area contributed by atoms with Crippen LogP contribution in [0.25, 0.3) is 0 Å². The van der Waals surface area contributed by atoms with Gasteiger partial charge >= 0.3 is 0 Å². The van der Waals surface area contributed by atoms with Crippen molar-refractivity contribution in [3.05, 3.63) is 35.1 Å². The fourth-order valence-electron chi connectivity index (χ4n) is 1.63. The molecule has 4 heteroatoms. The minimum Gasteiger partial charge on any atom is -0.351 e. The molecule has 1 amide bonds. The Morgan fingerprint density at radius 1 is 1.47 bits per heavy atom. The van der Waals surface area contributed by atoms with E-state index in [1.54, 1.807) is 25.1 Å². The molecule has 0 unspecified atom stereocenters. The zero-order valence-electron chi connectivity index (χ0n) is 9.92. The summed E-state index contributed by atoms with van der Waals surface area (Å²) in [4.78, 5) is 11.4. The molecule has 0 spiro atoms. The number of rotatable bonds is 5. The highest BCUT2D eigenvalue weighted by Gasteiger charge is 2.21. The molecule has 92 valence electrons. The van der Waals surface area contributed by atoms with Gasteiger partial charge in [0, 0.05) is 18.2 Å². The second-order valence-corrected chi connectivity index (χ2v) is 4.48. The third-order valence-electron chi connectivity index (χ3n) is 2.88. The maximum atomic E-state index is 13.6. The molecular weight excluding hydrogens is 219 g/mol. The molecule has 0 saturated heterocycles. The van der Waals surface area contributed by atoms with Gasteiger partial charge < -0.3 is 10.6 Å². The summed E-state index contributed by atoms with van der Waals surface area (Å²) >= 11 is 0. The molecular formula is C13H17FN2O. The van der Waals surface area contributed by atoms with Gasteiger partial charge in [0.05, 0.1) is 6.54 Å². The summed E-state index contributed by atoms with van der Waals surface area (Å²) in [6.45, 7) is 2.28. The highest BCUT2D eigenvalue weighted by molar-refractivity contribution is 5.78. The maximum Gasteiger partial charge on any atom is 0.234 e. The van der Waals surface area contributed by atoms with Crippen molar-refractivity contribution in [2.75, 3.05) is 6.54 Å². The van der Waals surface area contributed by atoms with E-state index in [9.17, 15) is 9.18 Å². The molecule has 0 atom stereocenters. The van der Waals surface area contributed by atoms with Gasteiger partial charge in [-0.05, 0) is 25.3 Å². The average molecular weight is 236 g/mol. The Morgan fingerprint density at radius 2 is 2.24 bits per heavy atom. The monoisotopic (exact) mass is 236 g/mol. The SMILES string of the molecule is Cc1cccc(CNC(=O)CNC2CC2)c1F. The van der Waals surface area contributed by atoms with Gasteiger partial charge in [-0.2, -0.15) is 0 Å². The van der Waals surface area contributed by atoms with Crippen LogP contribution in [0.2, 0.25) is 0 Å². The maximum absolute atomic E-state index is 13.6. The lowest BCUT2D eigenvalue weighted by molar-refractivity contribution is -0.120. The number of benzene rings is 1. The predicted octanol–water partition coefficient (Wildman–Crippen LogP) is 1.50. The molecule has 0 bridgehead atoms. The number of halogens is 1. The van der Waals surface area contributed by atoms with Crippen LogP contribution in [0.3, 0.4) is 0 Å².